The van der Waals surface area contributed by atoms with Gasteiger partial charge in [-0.3, -0.25) is 25.3 Å². The number of carbonyl (C=O) groups is 2. The Balaban J connectivity index is 1.43. The van der Waals surface area contributed by atoms with Crippen molar-refractivity contribution in [1.29, 1.82) is 5.26 Å². The largest absolute Gasteiger partial charge is 0.484 e. The molecule has 28 heavy (non-hydrogen) atoms. The first-order valence-corrected chi connectivity index (χ1v) is 9.15. The number of nitrogens with zero attached hydrogens (tertiary/aromatic N) is 2. The summed E-state index contributed by atoms with van der Waals surface area (Å²) in [6.45, 7) is 1.32. The molecule has 2 aromatic rings. The van der Waals surface area contributed by atoms with Gasteiger partial charge >= 0.3 is 0 Å². The first-order valence-electron chi connectivity index (χ1n) is 9.15. The minimum absolute atomic E-state index is 0.222. The number of hydrazine groups is 1. The summed E-state index contributed by atoms with van der Waals surface area (Å²) in [5, 5.41) is 8.76. The summed E-state index contributed by atoms with van der Waals surface area (Å²) in [4.78, 5) is 26.5. The number of rotatable bonds is 6. The van der Waals surface area contributed by atoms with Crippen LogP contribution >= 0.6 is 0 Å². The molecule has 2 N–H and O–H groups in total. The molecule has 144 valence electrons. The molecular formula is C21H22N4O3. The number of hydrogen-bond acceptors (Lipinski definition) is 5. The van der Waals surface area contributed by atoms with Crippen molar-refractivity contribution in [2.45, 2.75) is 25.4 Å². The molecule has 0 aromatic heterocycles. The van der Waals surface area contributed by atoms with Crippen LogP contribution in [0.5, 0.6) is 5.75 Å². The topological polar surface area (TPSA) is 94.5 Å². The van der Waals surface area contributed by atoms with Crippen LogP contribution in [-0.2, 0) is 16.1 Å². The second kappa shape index (κ2) is 9.53. The molecule has 3 rings (SSSR count). The Hall–Kier alpha value is -3.37. The summed E-state index contributed by atoms with van der Waals surface area (Å²) in [5.41, 5.74) is 6.55. The van der Waals surface area contributed by atoms with Gasteiger partial charge < -0.3 is 4.74 Å². The van der Waals surface area contributed by atoms with Crippen molar-refractivity contribution >= 4 is 11.8 Å². The second-order valence-corrected chi connectivity index (χ2v) is 6.58. The number of nitrogens with one attached hydrogen (secondary N) is 2. The fourth-order valence-corrected chi connectivity index (χ4v) is 3.16. The highest BCUT2D eigenvalue weighted by Crippen LogP contribution is 2.20. The summed E-state index contributed by atoms with van der Waals surface area (Å²) < 4.78 is 5.34. The third-order valence-corrected chi connectivity index (χ3v) is 4.57. The molecule has 0 radical (unpaired) electrons. The van der Waals surface area contributed by atoms with Crippen molar-refractivity contribution in [2.75, 3.05) is 13.2 Å². The number of carbonyl (C=O) groups excluding carboxylic acids is 2. The molecule has 0 spiro atoms. The van der Waals surface area contributed by atoms with E-state index in [0.29, 0.717) is 17.9 Å². The van der Waals surface area contributed by atoms with E-state index in [-0.39, 0.29) is 18.6 Å². The van der Waals surface area contributed by atoms with Crippen molar-refractivity contribution in [3.8, 4) is 11.8 Å². The molecule has 1 heterocycles. The van der Waals surface area contributed by atoms with Crippen LogP contribution in [0.4, 0.5) is 0 Å². The van der Waals surface area contributed by atoms with Crippen LogP contribution in [0.1, 0.15) is 24.0 Å². The van der Waals surface area contributed by atoms with E-state index in [1.165, 1.54) is 0 Å². The van der Waals surface area contributed by atoms with E-state index in [2.05, 4.69) is 15.8 Å². The molecule has 1 fully saturated rings. The summed E-state index contributed by atoms with van der Waals surface area (Å²) >= 11 is 0. The molecule has 7 nitrogen and oxygen atoms in total. The molecule has 1 saturated heterocycles. The van der Waals surface area contributed by atoms with Crippen LogP contribution in [0.3, 0.4) is 0 Å². The van der Waals surface area contributed by atoms with Crippen LogP contribution in [0.2, 0.25) is 0 Å². The fourth-order valence-electron chi connectivity index (χ4n) is 3.16. The van der Waals surface area contributed by atoms with E-state index >= 15 is 0 Å². The third-order valence-electron chi connectivity index (χ3n) is 4.57. The van der Waals surface area contributed by atoms with Crippen molar-refractivity contribution in [3.05, 3.63) is 65.7 Å². The van der Waals surface area contributed by atoms with Gasteiger partial charge in [0.1, 0.15) is 5.75 Å². The lowest BCUT2D eigenvalue weighted by molar-refractivity contribution is -0.132. The maximum atomic E-state index is 12.5. The Bertz CT molecular complexity index is 846. The molecule has 1 atom stereocenters. The Morgan fingerprint density at radius 2 is 1.86 bits per heavy atom. The highest BCUT2D eigenvalue weighted by Gasteiger charge is 2.30. The van der Waals surface area contributed by atoms with Crippen LogP contribution in [-0.4, -0.2) is 35.9 Å². The number of likely N-dealkylation sites (tertiary alicyclic amines) is 1. The molecule has 1 aliphatic heterocycles. The Kier molecular flexibility index (Phi) is 6.60. The zero-order valence-corrected chi connectivity index (χ0v) is 15.4. The lowest BCUT2D eigenvalue weighted by Crippen LogP contribution is -2.51. The van der Waals surface area contributed by atoms with Gasteiger partial charge in [-0.25, -0.2) is 0 Å². The Morgan fingerprint density at radius 3 is 2.57 bits per heavy atom. The quantitative estimate of drug-likeness (QED) is 0.747. The van der Waals surface area contributed by atoms with E-state index in [9.17, 15) is 9.59 Å². The Labute approximate surface area is 163 Å². The average Bonchev–Trinajstić information content (AvgIpc) is 3.19. The Morgan fingerprint density at radius 1 is 1.11 bits per heavy atom. The predicted molar refractivity (Wildman–Crippen MR) is 103 cm³/mol. The van der Waals surface area contributed by atoms with E-state index in [1.807, 2.05) is 36.4 Å². The van der Waals surface area contributed by atoms with E-state index in [1.54, 1.807) is 24.3 Å². The van der Waals surface area contributed by atoms with Crippen molar-refractivity contribution in [2.24, 2.45) is 0 Å². The average molecular weight is 378 g/mol. The summed E-state index contributed by atoms with van der Waals surface area (Å²) in [7, 11) is 0. The van der Waals surface area contributed by atoms with Gasteiger partial charge in [0, 0.05) is 6.54 Å². The maximum absolute atomic E-state index is 12.5. The van der Waals surface area contributed by atoms with Crippen LogP contribution in [0, 0.1) is 11.3 Å². The lowest BCUT2D eigenvalue weighted by Gasteiger charge is -2.23. The molecular weight excluding hydrogens is 356 g/mol. The molecule has 1 aliphatic rings. The summed E-state index contributed by atoms with van der Waals surface area (Å²) in [6.07, 6.45) is 1.71. The minimum atomic E-state index is -0.453. The first-order chi connectivity index (χ1) is 13.7. The highest BCUT2D eigenvalue weighted by atomic mass is 16.5. The number of hydrogen-bond donors (Lipinski definition) is 2. The van der Waals surface area contributed by atoms with Crippen molar-refractivity contribution in [1.82, 2.24) is 15.8 Å². The van der Waals surface area contributed by atoms with Crippen LogP contribution < -0.4 is 15.6 Å². The lowest BCUT2D eigenvalue weighted by atomic mass is 10.2. The smallest absolute Gasteiger partial charge is 0.276 e. The molecule has 7 heteroatoms. The van der Waals surface area contributed by atoms with Gasteiger partial charge in [-0.1, -0.05) is 30.3 Å². The molecule has 1 unspecified atom stereocenters. The normalized spacial score (nSPS) is 16.2. The SMILES string of the molecule is N#Cc1ccc(OCC(=O)NNC(=O)C2CCCN2Cc2ccccc2)cc1. The van der Waals surface area contributed by atoms with Gasteiger partial charge in [-0.15, -0.1) is 0 Å². The van der Waals surface area contributed by atoms with Gasteiger partial charge in [0.2, 0.25) is 0 Å². The van der Waals surface area contributed by atoms with Gasteiger partial charge in [0.05, 0.1) is 17.7 Å². The molecule has 0 bridgehead atoms. The number of amides is 2. The van der Waals surface area contributed by atoms with Crippen LogP contribution in [0.25, 0.3) is 0 Å². The van der Waals surface area contributed by atoms with E-state index < -0.39 is 5.91 Å². The van der Waals surface area contributed by atoms with E-state index in [4.69, 9.17) is 10.00 Å². The summed E-state index contributed by atoms with van der Waals surface area (Å²) in [5.74, 6) is -0.198. The van der Waals surface area contributed by atoms with Crippen molar-refractivity contribution < 1.29 is 14.3 Å². The zero-order chi connectivity index (χ0) is 19.8. The van der Waals surface area contributed by atoms with Gasteiger partial charge in [-0.05, 0) is 49.2 Å². The van der Waals surface area contributed by atoms with Gasteiger partial charge in [0.25, 0.3) is 11.8 Å². The molecule has 0 saturated carbocycles. The van der Waals surface area contributed by atoms with Crippen molar-refractivity contribution in [3.63, 3.8) is 0 Å². The third kappa shape index (κ3) is 5.32. The number of nitriles is 1. The maximum Gasteiger partial charge on any atom is 0.276 e. The number of benzene rings is 2. The molecule has 2 aromatic carbocycles. The van der Waals surface area contributed by atoms with E-state index in [0.717, 1.165) is 24.9 Å². The molecule has 0 aliphatic carbocycles. The second-order valence-electron chi connectivity index (χ2n) is 6.58. The molecule has 2 amide bonds. The first kappa shape index (κ1) is 19.4. The standard InChI is InChI=1S/C21H22N4O3/c22-13-16-8-10-18(11-9-16)28-15-20(26)23-24-21(27)19-7-4-12-25(19)14-17-5-2-1-3-6-17/h1-3,5-6,8-11,19H,4,7,12,14-15H2,(H,23,26)(H,24,27). The monoisotopic (exact) mass is 378 g/mol. The van der Waals surface area contributed by atoms with Crippen LogP contribution in [0.15, 0.2) is 54.6 Å². The zero-order valence-electron chi connectivity index (χ0n) is 15.4. The van der Waals surface area contributed by atoms with Gasteiger partial charge in [-0.2, -0.15) is 5.26 Å². The van der Waals surface area contributed by atoms with Gasteiger partial charge in [0.15, 0.2) is 6.61 Å². The number of ether oxygens (including phenoxy) is 1. The predicted octanol–water partition coefficient (Wildman–Crippen LogP) is 1.75. The highest BCUT2D eigenvalue weighted by molar-refractivity contribution is 5.85. The minimum Gasteiger partial charge on any atom is -0.484 e. The fraction of sp³-hybridized carbons (Fsp3) is 0.286. The summed E-state index contributed by atoms with van der Waals surface area (Å²) in [6, 6.07) is 18.2.